The number of ether oxygens (including phenoxy) is 1. The van der Waals surface area contributed by atoms with Crippen LogP contribution in [0.15, 0.2) is 24.3 Å². The molecular weight excluding hydrogens is 210 g/mol. The van der Waals surface area contributed by atoms with E-state index in [1.54, 1.807) is 0 Å². The van der Waals surface area contributed by atoms with Crippen molar-refractivity contribution < 1.29 is 4.74 Å². The van der Waals surface area contributed by atoms with E-state index in [0.717, 1.165) is 25.6 Å². The van der Waals surface area contributed by atoms with Gasteiger partial charge in [-0.15, -0.1) is 0 Å². The number of hydrogen-bond donors (Lipinski definition) is 1. The van der Waals surface area contributed by atoms with Gasteiger partial charge in [-0.3, -0.25) is 0 Å². The molecule has 2 aliphatic rings. The Hall–Kier alpha value is -0.860. The number of fused-ring (bicyclic) bond motifs is 1. The first-order valence-electron chi connectivity index (χ1n) is 6.86. The minimum absolute atomic E-state index is 0.264. The van der Waals surface area contributed by atoms with Gasteiger partial charge in [-0.05, 0) is 30.4 Å². The Morgan fingerprint density at radius 3 is 2.88 bits per heavy atom. The summed E-state index contributed by atoms with van der Waals surface area (Å²) in [5, 5.41) is 3.67. The Bertz CT molecular complexity index is 371. The van der Waals surface area contributed by atoms with Crippen molar-refractivity contribution >= 4 is 0 Å². The van der Waals surface area contributed by atoms with Gasteiger partial charge < -0.3 is 10.1 Å². The molecule has 0 amide bonds. The monoisotopic (exact) mass is 231 g/mol. The SMILES string of the molecule is c1ccc2c(c1)CCOC2CNC1CCCC1. The topological polar surface area (TPSA) is 21.3 Å². The lowest BCUT2D eigenvalue weighted by Gasteiger charge is -2.27. The molecule has 1 heterocycles. The molecule has 1 aromatic carbocycles. The summed E-state index contributed by atoms with van der Waals surface area (Å²) in [6, 6.07) is 9.44. The molecule has 1 atom stereocenters. The highest BCUT2D eigenvalue weighted by Gasteiger charge is 2.22. The summed E-state index contributed by atoms with van der Waals surface area (Å²) in [5.74, 6) is 0. The predicted octanol–water partition coefficient (Wildman–Crippen LogP) is 2.83. The Labute approximate surface area is 103 Å². The van der Waals surface area contributed by atoms with Crippen molar-refractivity contribution in [2.75, 3.05) is 13.2 Å². The second-order valence-corrected chi connectivity index (χ2v) is 5.20. The minimum Gasteiger partial charge on any atom is -0.372 e. The van der Waals surface area contributed by atoms with Crippen LogP contribution in [-0.2, 0) is 11.2 Å². The Kier molecular flexibility index (Phi) is 3.44. The van der Waals surface area contributed by atoms with Gasteiger partial charge in [0.1, 0.15) is 0 Å². The fraction of sp³-hybridized carbons (Fsp3) is 0.600. The Morgan fingerprint density at radius 1 is 1.18 bits per heavy atom. The number of rotatable bonds is 3. The summed E-state index contributed by atoms with van der Waals surface area (Å²) in [6.07, 6.45) is 6.79. The Morgan fingerprint density at radius 2 is 2.00 bits per heavy atom. The third-order valence-corrected chi connectivity index (χ3v) is 4.04. The minimum atomic E-state index is 0.264. The van der Waals surface area contributed by atoms with E-state index >= 15 is 0 Å². The molecule has 0 saturated heterocycles. The van der Waals surface area contributed by atoms with Crippen molar-refractivity contribution in [1.82, 2.24) is 5.32 Å². The van der Waals surface area contributed by atoms with E-state index in [4.69, 9.17) is 4.74 Å². The summed E-state index contributed by atoms with van der Waals surface area (Å²) in [6.45, 7) is 1.84. The molecule has 17 heavy (non-hydrogen) atoms. The molecule has 1 aromatic rings. The lowest BCUT2D eigenvalue weighted by Crippen LogP contribution is -2.33. The van der Waals surface area contributed by atoms with Crippen LogP contribution in [0.5, 0.6) is 0 Å². The molecule has 3 rings (SSSR count). The largest absolute Gasteiger partial charge is 0.372 e. The van der Waals surface area contributed by atoms with Crippen LogP contribution in [0.25, 0.3) is 0 Å². The molecule has 1 aliphatic carbocycles. The number of nitrogens with one attached hydrogen (secondary N) is 1. The highest BCUT2D eigenvalue weighted by Crippen LogP contribution is 2.27. The molecule has 1 saturated carbocycles. The highest BCUT2D eigenvalue weighted by molar-refractivity contribution is 5.31. The molecule has 92 valence electrons. The van der Waals surface area contributed by atoms with Gasteiger partial charge in [0.15, 0.2) is 0 Å². The average molecular weight is 231 g/mol. The van der Waals surface area contributed by atoms with Crippen LogP contribution < -0.4 is 5.32 Å². The van der Waals surface area contributed by atoms with Crippen LogP contribution in [0.2, 0.25) is 0 Å². The zero-order valence-corrected chi connectivity index (χ0v) is 10.3. The number of hydrogen-bond acceptors (Lipinski definition) is 2. The van der Waals surface area contributed by atoms with Gasteiger partial charge in [-0.1, -0.05) is 37.1 Å². The van der Waals surface area contributed by atoms with Crippen LogP contribution in [0.1, 0.15) is 42.9 Å². The zero-order chi connectivity index (χ0) is 11.5. The van der Waals surface area contributed by atoms with Gasteiger partial charge in [0.05, 0.1) is 12.7 Å². The van der Waals surface area contributed by atoms with Crippen LogP contribution in [0, 0.1) is 0 Å². The predicted molar refractivity (Wildman–Crippen MR) is 69.1 cm³/mol. The molecule has 0 bridgehead atoms. The molecule has 1 unspecified atom stereocenters. The first-order chi connectivity index (χ1) is 8.43. The lowest BCUT2D eigenvalue weighted by molar-refractivity contribution is 0.0408. The van der Waals surface area contributed by atoms with Crippen molar-refractivity contribution in [2.24, 2.45) is 0 Å². The van der Waals surface area contributed by atoms with Gasteiger partial charge in [0.25, 0.3) is 0 Å². The summed E-state index contributed by atoms with van der Waals surface area (Å²) in [5.41, 5.74) is 2.86. The van der Waals surface area contributed by atoms with E-state index < -0.39 is 0 Å². The highest BCUT2D eigenvalue weighted by atomic mass is 16.5. The van der Waals surface area contributed by atoms with E-state index in [0.29, 0.717) is 0 Å². The summed E-state index contributed by atoms with van der Waals surface area (Å²) >= 11 is 0. The van der Waals surface area contributed by atoms with Crippen LogP contribution in [0.4, 0.5) is 0 Å². The molecule has 0 spiro atoms. The van der Waals surface area contributed by atoms with Gasteiger partial charge in [0, 0.05) is 12.6 Å². The summed E-state index contributed by atoms with van der Waals surface area (Å²) in [7, 11) is 0. The second kappa shape index (κ2) is 5.19. The smallest absolute Gasteiger partial charge is 0.0952 e. The first kappa shape index (κ1) is 11.2. The van der Waals surface area contributed by atoms with Crippen molar-refractivity contribution in [2.45, 2.75) is 44.2 Å². The standard InChI is InChI=1S/C15H21NO/c1-4-8-14-12(5-1)9-10-17-15(14)11-16-13-6-2-3-7-13/h1,4-5,8,13,15-16H,2-3,6-7,9-11H2. The third kappa shape index (κ3) is 2.53. The first-order valence-corrected chi connectivity index (χ1v) is 6.86. The molecule has 1 N–H and O–H groups in total. The molecule has 1 fully saturated rings. The van der Waals surface area contributed by atoms with Crippen molar-refractivity contribution in [3.05, 3.63) is 35.4 Å². The maximum Gasteiger partial charge on any atom is 0.0952 e. The quantitative estimate of drug-likeness (QED) is 0.863. The van der Waals surface area contributed by atoms with E-state index in [1.807, 2.05) is 0 Å². The number of benzene rings is 1. The van der Waals surface area contributed by atoms with Gasteiger partial charge in [0.2, 0.25) is 0 Å². The third-order valence-electron chi connectivity index (χ3n) is 4.04. The zero-order valence-electron chi connectivity index (χ0n) is 10.3. The average Bonchev–Trinajstić information content (AvgIpc) is 2.89. The fourth-order valence-corrected chi connectivity index (χ4v) is 3.05. The van der Waals surface area contributed by atoms with E-state index in [9.17, 15) is 0 Å². The molecule has 1 aliphatic heterocycles. The van der Waals surface area contributed by atoms with Gasteiger partial charge in [-0.25, -0.2) is 0 Å². The van der Waals surface area contributed by atoms with Crippen LogP contribution in [0.3, 0.4) is 0 Å². The van der Waals surface area contributed by atoms with Crippen LogP contribution in [-0.4, -0.2) is 19.2 Å². The summed E-state index contributed by atoms with van der Waals surface area (Å²) in [4.78, 5) is 0. The van der Waals surface area contributed by atoms with E-state index in [-0.39, 0.29) is 6.10 Å². The normalized spacial score (nSPS) is 24.8. The molecule has 0 radical (unpaired) electrons. The van der Waals surface area contributed by atoms with Crippen molar-refractivity contribution in [3.8, 4) is 0 Å². The molecular formula is C15H21NO. The Balaban J connectivity index is 1.64. The fourth-order valence-electron chi connectivity index (χ4n) is 3.05. The van der Waals surface area contributed by atoms with Gasteiger partial charge >= 0.3 is 0 Å². The molecule has 2 heteroatoms. The van der Waals surface area contributed by atoms with Crippen molar-refractivity contribution in [1.29, 1.82) is 0 Å². The van der Waals surface area contributed by atoms with E-state index in [2.05, 4.69) is 29.6 Å². The maximum absolute atomic E-state index is 5.90. The second-order valence-electron chi connectivity index (χ2n) is 5.20. The molecule has 0 aromatic heterocycles. The van der Waals surface area contributed by atoms with Crippen LogP contribution >= 0.6 is 0 Å². The lowest BCUT2D eigenvalue weighted by atomic mass is 9.97. The molecule has 2 nitrogen and oxygen atoms in total. The maximum atomic E-state index is 5.90. The summed E-state index contributed by atoms with van der Waals surface area (Å²) < 4.78 is 5.90. The van der Waals surface area contributed by atoms with E-state index in [1.165, 1.54) is 36.8 Å². The van der Waals surface area contributed by atoms with Crippen molar-refractivity contribution in [3.63, 3.8) is 0 Å². The van der Waals surface area contributed by atoms with Gasteiger partial charge in [-0.2, -0.15) is 0 Å².